The molecule has 0 spiro atoms. The number of nitrogens with two attached hydrogens (primary N) is 1. The molecule has 0 radical (unpaired) electrons. The quantitative estimate of drug-likeness (QED) is 0.676. The van der Waals surface area contributed by atoms with Gasteiger partial charge >= 0.3 is 0 Å². The van der Waals surface area contributed by atoms with Gasteiger partial charge in [-0.2, -0.15) is 0 Å². The smallest absolute Gasteiger partial charge is 0.0770 e. The lowest BCUT2D eigenvalue weighted by Gasteiger charge is -2.06. The van der Waals surface area contributed by atoms with Gasteiger partial charge < -0.3 is 11.1 Å². The Balaban J connectivity index is 2.83. The molecule has 0 aliphatic carbocycles. The molecule has 0 aliphatic heterocycles. The lowest BCUT2D eigenvalue weighted by Crippen LogP contribution is -2.06. The van der Waals surface area contributed by atoms with Gasteiger partial charge in [-0.3, -0.25) is 4.98 Å². The molecule has 1 aromatic rings. The first-order valence-corrected chi connectivity index (χ1v) is 3.76. The summed E-state index contributed by atoms with van der Waals surface area (Å²) in [6.45, 7) is 3.44. The molecule has 0 bridgehead atoms. The molecule has 0 saturated heterocycles. The van der Waals surface area contributed by atoms with Crippen molar-refractivity contribution in [3.8, 4) is 0 Å². The molecule has 3 nitrogen and oxygen atoms in total. The van der Waals surface area contributed by atoms with Crippen LogP contribution in [0.3, 0.4) is 0 Å². The van der Waals surface area contributed by atoms with Gasteiger partial charge in [0.1, 0.15) is 0 Å². The van der Waals surface area contributed by atoms with E-state index in [-0.39, 0.29) is 0 Å². The molecule has 0 aromatic carbocycles. The first-order valence-electron chi connectivity index (χ1n) is 3.76. The number of nitrogens with one attached hydrogen (secondary N) is 1. The molecule has 0 saturated carbocycles. The van der Waals surface area contributed by atoms with E-state index < -0.39 is 0 Å². The van der Waals surface area contributed by atoms with E-state index >= 15 is 0 Å². The summed E-state index contributed by atoms with van der Waals surface area (Å²) in [5.41, 5.74) is 7.44. The first-order chi connectivity index (χ1) is 5.38. The Labute approximate surface area is 66.6 Å². The van der Waals surface area contributed by atoms with Gasteiger partial charge in [-0.05, 0) is 19.1 Å². The summed E-state index contributed by atoms with van der Waals surface area (Å²) in [6, 6.07) is 3.88. The molecule has 1 rings (SSSR count). The van der Waals surface area contributed by atoms with Gasteiger partial charge in [-0.15, -0.1) is 0 Å². The fourth-order valence-corrected chi connectivity index (χ4v) is 0.952. The summed E-state index contributed by atoms with van der Waals surface area (Å²) in [5, 5.41) is 3.18. The zero-order chi connectivity index (χ0) is 8.10. The van der Waals surface area contributed by atoms with Crippen molar-refractivity contribution < 1.29 is 0 Å². The zero-order valence-electron chi connectivity index (χ0n) is 6.67. The average Bonchev–Trinajstić information content (AvgIpc) is 2.06. The predicted molar refractivity (Wildman–Crippen MR) is 46.3 cm³/mol. The number of pyridine rings is 1. The summed E-state index contributed by atoms with van der Waals surface area (Å²) in [5.74, 6) is 0. The highest BCUT2D eigenvalue weighted by Gasteiger charge is 1.97. The lowest BCUT2D eigenvalue weighted by molar-refractivity contribution is 0.984. The van der Waals surface area contributed by atoms with Crippen molar-refractivity contribution in [1.29, 1.82) is 0 Å². The number of nitrogens with zero attached hydrogens (tertiary/aromatic N) is 1. The molecular formula is C8H13N3. The van der Waals surface area contributed by atoms with Gasteiger partial charge in [0.25, 0.3) is 0 Å². The molecule has 11 heavy (non-hydrogen) atoms. The molecule has 0 atom stereocenters. The minimum atomic E-state index is 0.489. The highest BCUT2D eigenvalue weighted by molar-refractivity contribution is 5.47. The Kier molecular flexibility index (Phi) is 2.86. The summed E-state index contributed by atoms with van der Waals surface area (Å²) < 4.78 is 0. The van der Waals surface area contributed by atoms with Crippen molar-refractivity contribution in [1.82, 2.24) is 4.98 Å². The van der Waals surface area contributed by atoms with Gasteiger partial charge in [0, 0.05) is 19.3 Å². The SMILES string of the molecule is CCNc1cccnc1CN. The summed E-state index contributed by atoms with van der Waals surface area (Å²) in [6.07, 6.45) is 1.75. The number of aromatic nitrogens is 1. The van der Waals surface area contributed by atoms with Crippen LogP contribution < -0.4 is 11.1 Å². The number of hydrogen-bond acceptors (Lipinski definition) is 3. The second-order valence-corrected chi connectivity index (χ2v) is 2.23. The van der Waals surface area contributed by atoms with Crippen molar-refractivity contribution in [3.05, 3.63) is 24.0 Å². The second-order valence-electron chi connectivity index (χ2n) is 2.23. The maximum Gasteiger partial charge on any atom is 0.0770 e. The lowest BCUT2D eigenvalue weighted by atomic mass is 10.3. The van der Waals surface area contributed by atoms with Crippen molar-refractivity contribution in [2.75, 3.05) is 11.9 Å². The third kappa shape index (κ3) is 1.91. The van der Waals surface area contributed by atoms with Crippen LogP contribution >= 0.6 is 0 Å². The zero-order valence-corrected chi connectivity index (χ0v) is 6.67. The predicted octanol–water partition coefficient (Wildman–Crippen LogP) is 0.972. The van der Waals surface area contributed by atoms with Gasteiger partial charge in [-0.25, -0.2) is 0 Å². The van der Waals surface area contributed by atoms with Crippen LogP contribution in [0.4, 0.5) is 5.69 Å². The monoisotopic (exact) mass is 151 g/mol. The van der Waals surface area contributed by atoms with E-state index in [0.29, 0.717) is 6.54 Å². The van der Waals surface area contributed by atoms with E-state index in [4.69, 9.17) is 5.73 Å². The Morgan fingerprint density at radius 3 is 3.09 bits per heavy atom. The van der Waals surface area contributed by atoms with E-state index in [9.17, 15) is 0 Å². The van der Waals surface area contributed by atoms with E-state index in [0.717, 1.165) is 17.9 Å². The Morgan fingerprint density at radius 1 is 1.64 bits per heavy atom. The molecule has 60 valence electrons. The van der Waals surface area contributed by atoms with Crippen LogP contribution in [0.25, 0.3) is 0 Å². The number of rotatable bonds is 3. The minimum Gasteiger partial charge on any atom is -0.384 e. The highest BCUT2D eigenvalue weighted by Crippen LogP contribution is 2.09. The van der Waals surface area contributed by atoms with Crippen molar-refractivity contribution in [2.24, 2.45) is 5.73 Å². The number of hydrogen-bond donors (Lipinski definition) is 2. The maximum atomic E-state index is 5.48. The third-order valence-corrected chi connectivity index (χ3v) is 1.45. The van der Waals surface area contributed by atoms with Crippen molar-refractivity contribution >= 4 is 5.69 Å². The first kappa shape index (κ1) is 8.01. The van der Waals surface area contributed by atoms with Crippen molar-refractivity contribution in [3.63, 3.8) is 0 Å². The molecular weight excluding hydrogens is 138 g/mol. The Morgan fingerprint density at radius 2 is 2.45 bits per heavy atom. The van der Waals surface area contributed by atoms with Gasteiger partial charge in [0.15, 0.2) is 0 Å². The van der Waals surface area contributed by atoms with Crippen molar-refractivity contribution in [2.45, 2.75) is 13.5 Å². The van der Waals surface area contributed by atoms with Crippen LogP contribution in [-0.2, 0) is 6.54 Å². The van der Waals surface area contributed by atoms with Gasteiger partial charge in [0.2, 0.25) is 0 Å². The van der Waals surface area contributed by atoms with Crippen LogP contribution in [0.2, 0.25) is 0 Å². The summed E-state index contributed by atoms with van der Waals surface area (Å²) >= 11 is 0. The molecule has 1 heterocycles. The van der Waals surface area contributed by atoms with Crippen LogP contribution in [0.5, 0.6) is 0 Å². The van der Waals surface area contributed by atoms with E-state index in [2.05, 4.69) is 10.3 Å². The maximum absolute atomic E-state index is 5.48. The highest BCUT2D eigenvalue weighted by atomic mass is 14.9. The van der Waals surface area contributed by atoms with E-state index in [1.807, 2.05) is 19.1 Å². The van der Waals surface area contributed by atoms with Gasteiger partial charge in [-0.1, -0.05) is 0 Å². The Bertz CT molecular complexity index is 222. The van der Waals surface area contributed by atoms with E-state index in [1.165, 1.54) is 0 Å². The van der Waals surface area contributed by atoms with Crippen LogP contribution in [-0.4, -0.2) is 11.5 Å². The van der Waals surface area contributed by atoms with Gasteiger partial charge in [0.05, 0.1) is 11.4 Å². The van der Waals surface area contributed by atoms with Crippen LogP contribution in [0, 0.1) is 0 Å². The molecule has 0 aliphatic rings. The molecule has 3 N–H and O–H groups in total. The average molecular weight is 151 g/mol. The summed E-state index contributed by atoms with van der Waals surface area (Å²) in [7, 11) is 0. The second kappa shape index (κ2) is 3.93. The minimum absolute atomic E-state index is 0.489. The van der Waals surface area contributed by atoms with Crippen LogP contribution in [0.15, 0.2) is 18.3 Å². The largest absolute Gasteiger partial charge is 0.384 e. The summed E-state index contributed by atoms with van der Waals surface area (Å²) in [4.78, 5) is 4.13. The molecule has 1 aromatic heterocycles. The van der Waals surface area contributed by atoms with Crippen LogP contribution in [0.1, 0.15) is 12.6 Å². The molecule has 3 heteroatoms. The molecule has 0 fully saturated rings. The fourth-order valence-electron chi connectivity index (χ4n) is 0.952. The van der Waals surface area contributed by atoms with E-state index in [1.54, 1.807) is 6.20 Å². The number of anilines is 1. The Hall–Kier alpha value is -1.09. The third-order valence-electron chi connectivity index (χ3n) is 1.45. The fraction of sp³-hybridized carbons (Fsp3) is 0.375. The molecule has 0 amide bonds. The topological polar surface area (TPSA) is 50.9 Å². The molecule has 0 unspecified atom stereocenters. The normalized spacial score (nSPS) is 9.64. The standard InChI is InChI=1S/C8H13N3/c1-2-10-7-4-3-5-11-8(7)6-9/h3-5,10H,2,6,9H2,1H3.